The van der Waals surface area contributed by atoms with E-state index in [2.05, 4.69) is 20.5 Å². The molecule has 0 aliphatic carbocycles. The highest BCUT2D eigenvalue weighted by atomic mass is 16.2. The number of hydrogen-bond acceptors (Lipinski definition) is 4. The molecule has 0 atom stereocenters. The molecule has 7 heteroatoms. The Hall–Kier alpha value is -2.70. The molecule has 2 aromatic rings. The minimum atomic E-state index is -0.112. The number of H-pyrrole nitrogens is 1. The summed E-state index contributed by atoms with van der Waals surface area (Å²) < 4.78 is 0. The van der Waals surface area contributed by atoms with E-state index in [1.807, 2.05) is 17.0 Å². The van der Waals surface area contributed by atoms with Gasteiger partial charge in [0.2, 0.25) is 5.91 Å². The van der Waals surface area contributed by atoms with Gasteiger partial charge in [0.15, 0.2) is 0 Å². The van der Waals surface area contributed by atoms with Crippen LogP contribution in [0.4, 0.5) is 5.82 Å². The minimum Gasteiger partial charge on any atom is -0.337 e. The third-order valence-corrected chi connectivity index (χ3v) is 4.60. The lowest BCUT2D eigenvalue weighted by Gasteiger charge is -2.31. The fraction of sp³-hybridized carbons (Fsp3) is 0.444. The molecule has 7 nitrogen and oxygen atoms in total. The molecule has 1 aliphatic heterocycles. The van der Waals surface area contributed by atoms with Crippen molar-refractivity contribution in [2.24, 2.45) is 5.92 Å². The number of likely N-dealkylation sites (tertiary alicyclic amines) is 1. The first kappa shape index (κ1) is 17.1. The van der Waals surface area contributed by atoms with Gasteiger partial charge in [-0.05, 0) is 55.4 Å². The zero-order valence-electron chi connectivity index (χ0n) is 14.4. The molecule has 0 unspecified atom stereocenters. The van der Waals surface area contributed by atoms with Gasteiger partial charge in [-0.15, -0.1) is 0 Å². The van der Waals surface area contributed by atoms with Gasteiger partial charge in [0.05, 0.1) is 0 Å². The number of rotatable bonds is 5. The van der Waals surface area contributed by atoms with Crippen molar-refractivity contribution in [2.75, 3.05) is 18.4 Å². The summed E-state index contributed by atoms with van der Waals surface area (Å²) in [5, 5.41) is 9.28. The molecule has 1 saturated heterocycles. The van der Waals surface area contributed by atoms with Crippen molar-refractivity contribution < 1.29 is 9.59 Å². The number of nitrogens with one attached hydrogen (secondary N) is 2. The highest BCUT2D eigenvalue weighted by molar-refractivity contribution is 5.92. The number of nitrogens with zero attached hydrogens (tertiary/aromatic N) is 3. The van der Waals surface area contributed by atoms with E-state index in [-0.39, 0.29) is 11.8 Å². The predicted molar refractivity (Wildman–Crippen MR) is 94.1 cm³/mol. The van der Waals surface area contributed by atoms with Crippen LogP contribution in [0.1, 0.15) is 42.2 Å². The molecule has 25 heavy (non-hydrogen) atoms. The molecule has 2 N–H and O–H groups in total. The highest BCUT2D eigenvalue weighted by Crippen LogP contribution is 2.23. The zero-order valence-corrected chi connectivity index (χ0v) is 14.4. The van der Waals surface area contributed by atoms with Crippen molar-refractivity contribution >= 4 is 17.6 Å². The fourth-order valence-electron chi connectivity index (χ4n) is 3.22. The van der Waals surface area contributed by atoms with Crippen LogP contribution in [0.25, 0.3) is 0 Å². The summed E-state index contributed by atoms with van der Waals surface area (Å²) in [5.41, 5.74) is 1.73. The molecule has 1 aliphatic rings. The van der Waals surface area contributed by atoms with Crippen molar-refractivity contribution in [2.45, 2.75) is 32.6 Å². The molecule has 2 aromatic heterocycles. The fourth-order valence-corrected chi connectivity index (χ4v) is 3.22. The van der Waals surface area contributed by atoms with Crippen LogP contribution in [0, 0.1) is 5.92 Å². The Morgan fingerprint density at radius 2 is 2.08 bits per heavy atom. The lowest BCUT2D eigenvalue weighted by molar-refractivity contribution is -0.114. The lowest BCUT2D eigenvalue weighted by Crippen LogP contribution is -2.38. The van der Waals surface area contributed by atoms with Crippen molar-refractivity contribution in [1.82, 2.24) is 20.1 Å². The number of piperidine rings is 1. The average Bonchev–Trinajstić information content (AvgIpc) is 3.14. The standard InChI is InChI=1S/C18H23N5O2/c1-13(24)21-17-12-15(4-8-19-17)3-2-14-6-10-23(11-7-14)18(25)16-5-9-20-22-16/h4-5,8-9,12,14H,2-3,6-7,10-11H2,1H3,(H,20,22)(H,19,21,24). The summed E-state index contributed by atoms with van der Waals surface area (Å²) >= 11 is 0. The zero-order chi connectivity index (χ0) is 17.6. The molecule has 3 rings (SSSR count). The van der Waals surface area contributed by atoms with Crippen LogP contribution in [0.2, 0.25) is 0 Å². The molecule has 0 aromatic carbocycles. The van der Waals surface area contributed by atoms with E-state index in [0.29, 0.717) is 17.4 Å². The number of aromatic nitrogens is 3. The second kappa shape index (κ2) is 7.92. The van der Waals surface area contributed by atoms with Gasteiger partial charge in [-0.2, -0.15) is 5.10 Å². The third-order valence-electron chi connectivity index (χ3n) is 4.60. The van der Waals surface area contributed by atoms with Crippen molar-refractivity contribution in [3.05, 3.63) is 41.9 Å². The summed E-state index contributed by atoms with van der Waals surface area (Å²) in [7, 11) is 0. The molecule has 0 saturated carbocycles. The number of amides is 2. The monoisotopic (exact) mass is 341 g/mol. The largest absolute Gasteiger partial charge is 0.337 e. The van der Waals surface area contributed by atoms with E-state index < -0.39 is 0 Å². The maximum Gasteiger partial charge on any atom is 0.271 e. The van der Waals surface area contributed by atoms with Crippen LogP contribution in [-0.2, 0) is 11.2 Å². The van der Waals surface area contributed by atoms with Crippen LogP contribution < -0.4 is 5.32 Å². The maximum atomic E-state index is 12.3. The van der Waals surface area contributed by atoms with E-state index >= 15 is 0 Å². The normalized spacial score (nSPS) is 15.2. The molecule has 0 bridgehead atoms. The smallest absolute Gasteiger partial charge is 0.271 e. The maximum absolute atomic E-state index is 12.3. The molecule has 2 amide bonds. The molecule has 0 spiro atoms. The third kappa shape index (κ3) is 4.65. The Morgan fingerprint density at radius 1 is 1.28 bits per heavy atom. The highest BCUT2D eigenvalue weighted by Gasteiger charge is 2.24. The van der Waals surface area contributed by atoms with Gasteiger partial charge in [0.1, 0.15) is 11.5 Å². The van der Waals surface area contributed by atoms with Gasteiger partial charge < -0.3 is 10.2 Å². The summed E-state index contributed by atoms with van der Waals surface area (Å²) in [6.07, 6.45) is 7.40. The SMILES string of the molecule is CC(=O)Nc1cc(CCC2CCN(C(=O)c3ccn[nH]3)CC2)ccn1. The van der Waals surface area contributed by atoms with Crippen LogP contribution >= 0.6 is 0 Å². The van der Waals surface area contributed by atoms with Crippen LogP contribution in [0.3, 0.4) is 0 Å². The number of carbonyl (C=O) groups is 2. The van der Waals surface area contributed by atoms with Crippen molar-refractivity contribution in [1.29, 1.82) is 0 Å². The number of pyridine rings is 1. The Morgan fingerprint density at radius 3 is 2.76 bits per heavy atom. The second-order valence-electron chi connectivity index (χ2n) is 6.48. The topological polar surface area (TPSA) is 91.0 Å². The van der Waals surface area contributed by atoms with Gasteiger partial charge in [-0.1, -0.05) is 0 Å². The van der Waals surface area contributed by atoms with Gasteiger partial charge in [-0.3, -0.25) is 14.7 Å². The number of hydrogen-bond donors (Lipinski definition) is 2. The summed E-state index contributed by atoms with van der Waals surface area (Å²) in [4.78, 5) is 29.4. The van der Waals surface area contributed by atoms with Gasteiger partial charge >= 0.3 is 0 Å². The molecular weight excluding hydrogens is 318 g/mol. The van der Waals surface area contributed by atoms with E-state index in [4.69, 9.17) is 0 Å². The minimum absolute atomic E-state index is 0.0324. The first-order chi connectivity index (χ1) is 12.1. The molecule has 132 valence electrons. The summed E-state index contributed by atoms with van der Waals surface area (Å²) in [6.45, 7) is 3.05. The molecular formula is C18H23N5O2. The summed E-state index contributed by atoms with van der Waals surface area (Å²) in [6, 6.07) is 5.63. The van der Waals surface area contributed by atoms with E-state index in [0.717, 1.165) is 38.8 Å². The molecule has 3 heterocycles. The molecule has 0 radical (unpaired) electrons. The van der Waals surface area contributed by atoms with E-state index in [1.54, 1.807) is 18.5 Å². The van der Waals surface area contributed by atoms with Crippen LogP contribution in [-0.4, -0.2) is 45.0 Å². The van der Waals surface area contributed by atoms with Gasteiger partial charge in [0.25, 0.3) is 5.91 Å². The second-order valence-corrected chi connectivity index (χ2v) is 6.48. The Kier molecular flexibility index (Phi) is 5.42. The van der Waals surface area contributed by atoms with Crippen LogP contribution in [0.15, 0.2) is 30.6 Å². The predicted octanol–water partition coefficient (Wildman–Crippen LogP) is 2.25. The van der Waals surface area contributed by atoms with E-state index in [9.17, 15) is 9.59 Å². The first-order valence-corrected chi connectivity index (χ1v) is 8.63. The van der Waals surface area contributed by atoms with E-state index in [1.165, 1.54) is 12.5 Å². The first-order valence-electron chi connectivity index (χ1n) is 8.63. The molecule has 1 fully saturated rings. The average molecular weight is 341 g/mol. The van der Waals surface area contributed by atoms with Crippen molar-refractivity contribution in [3.8, 4) is 0 Å². The van der Waals surface area contributed by atoms with Crippen molar-refractivity contribution in [3.63, 3.8) is 0 Å². The lowest BCUT2D eigenvalue weighted by atomic mass is 9.90. The number of aromatic amines is 1. The summed E-state index contributed by atoms with van der Waals surface area (Å²) in [5.74, 6) is 1.14. The number of aryl methyl sites for hydroxylation is 1. The Labute approximate surface area is 146 Å². The number of carbonyl (C=O) groups excluding carboxylic acids is 2. The van der Waals surface area contributed by atoms with Crippen LogP contribution in [0.5, 0.6) is 0 Å². The van der Waals surface area contributed by atoms with Gasteiger partial charge in [0, 0.05) is 32.4 Å². The Bertz CT molecular complexity index is 721. The van der Waals surface area contributed by atoms with Gasteiger partial charge in [-0.25, -0.2) is 4.98 Å². The quantitative estimate of drug-likeness (QED) is 0.872. The number of anilines is 1. The Balaban J connectivity index is 1.46.